The van der Waals surface area contributed by atoms with Gasteiger partial charge in [0.25, 0.3) is 0 Å². The minimum absolute atomic E-state index is 1.20. The Labute approximate surface area is 94.0 Å². The van der Waals surface area contributed by atoms with Crippen LogP contribution in [0.15, 0.2) is 36.4 Å². The molecule has 0 heteroatoms. The second-order valence-corrected chi connectivity index (χ2v) is 3.99. The highest BCUT2D eigenvalue weighted by molar-refractivity contribution is 5.65. The Morgan fingerprint density at radius 2 is 1.80 bits per heavy atom. The third kappa shape index (κ3) is 4.33. The average Bonchev–Trinajstić information content (AvgIpc) is 2.29. The molecule has 1 aromatic carbocycles. The van der Waals surface area contributed by atoms with Gasteiger partial charge >= 0.3 is 0 Å². The molecule has 0 atom stereocenters. The molecule has 0 spiro atoms. The van der Waals surface area contributed by atoms with Gasteiger partial charge in [-0.3, -0.25) is 0 Å². The van der Waals surface area contributed by atoms with E-state index in [1.165, 1.54) is 43.2 Å². The predicted molar refractivity (Wildman–Crippen MR) is 68.9 cm³/mol. The van der Waals surface area contributed by atoms with Gasteiger partial charge in [-0.2, -0.15) is 0 Å². The Hall–Kier alpha value is -1.04. The summed E-state index contributed by atoms with van der Waals surface area (Å²) >= 11 is 0. The number of allylic oxidation sites excluding steroid dienone is 2. The van der Waals surface area contributed by atoms with Crippen LogP contribution in [0.1, 0.15) is 51.5 Å². The van der Waals surface area contributed by atoms with Crippen LogP contribution in [0.25, 0.3) is 5.57 Å². The summed E-state index contributed by atoms with van der Waals surface area (Å²) in [7, 11) is 0. The van der Waals surface area contributed by atoms with E-state index in [0.717, 1.165) is 0 Å². The van der Waals surface area contributed by atoms with Gasteiger partial charge in [-0.05, 0) is 24.0 Å². The normalized spacial score (nSPS) is 11.7. The third-order valence-electron chi connectivity index (χ3n) is 2.61. The highest BCUT2D eigenvalue weighted by Gasteiger charge is 1.98. The first-order valence-corrected chi connectivity index (χ1v) is 6.13. The predicted octanol–water partition coefficient (Wildman–Crippen LogP) is 5.06. The van der Waals surface area contributed by atoms with Crippen LogP contribution < -0.4 is 0 Å². The molecule has 0 bridgehead atoms. The molecular weight excluding hydrogens is 180 g/mol. The molecule has 0 heterocycles. The molecule has 82 valence electrons. The van der Waals surface area contributed by atoms with Gasteiger partial charge in [-0.25, -0.2) is 0 Å². The molecule has 0 fully saturated rings. The Morgan fingerprint density at radius 3 is 2.40 bits per heavy atom. The summed E-state index contributed by atoms with van der Waals surface area (Å²) in [5, 5.41) is 0. The Balaban J connectivity index is 2.69. The lowest BCUT2D eigenvalue weighted by Gasteiger charge is -2.06. The van der Waals surface area contributed by atoms with Crippen molar-refractivity contribution in [1.82, 2.24) is 0 Å². The molecule has 0 aliphatic heterocycles. The number of hydrogen-bond donors (Lipinski definition) is 0. The molecule has 0 unspecified atom stereocenters. The van der Waals surface area contributed by atoms with E-state index in [9.17, 15) is 0 Å². The highest BCUT2D eigenvalue weighted by Crippen LogP contribution is 2.20. The number of benzene rings is 1. The Morgan fingerprint density at radius 1 is 1.07 bits per heavy atom. The lowest BCUT2D eigenvalue weighted by atomic mass is 10.00. The molecule has 0 N–H and O–H groups in total. The van der Waals surface area contributed by atoms with Gasteiger partial charge in [0.1, 0.15) is 0 Å². The fraction of sp³-hybridized carbons (Fsp3) is 0.467. The van der Waals surface area contributed by atoms with Crippen molar-refractivity contribution in [3.8, 4) is 0 Å². The first kappa shape index (κ1) is 12.0. The lowest BCUT2D eigenvalue weighted by molar-refractivity contribution is 0.812. The zero-order valence-electron chi connectivity index (χ0n) is 10.00. The quantitative estimate of drug-likeness (QED) is 0.565. The maximum atomic E-state index is 2.42. The molecule has 0 aromatic heterocycles. The molecule has 0 aliphatic carbocycles. The summed E-state index contributed by atoms with van der Waals surface area (Å²) in [6.45, 7) is 4.49. The van der Waals surface area contributed by atoms with Crippen LogP contribution in [0.2, 0.25) is 0 Å². The molecule has 0 radical (unpaired) electrons. The second-order valence-electron chi connectivity index (χ2n) is 3.99. The smallest absolute Gasteiger partial charge is 0.0228 e. The molecule has 0 aliphatic rings. The number of unbranched alkanes of at least 4 members (excludes halogenated alkanes) is 2. The Bertz CT molecular complexity index is 282. The van der Waals surface area contributed by atoms with Crippen molar-refractivity contribution < 1.29 is 0 Å². The zero-order valence-corrected chi connectivity index (χ0v) is 10.00. The van der Waals surface area contributed by atoms with Gasteiger partial charge in [-0.15, -0.1) is 0 Å². The number of hydrogen-bond acceptors (Lipinski definition) is 0. The van der Waals surface area contributed by atoms with E-state index in [0.29, 0.717) is 0 Å². The minimum Gasteiger partial charge on any atom is -0.0807 e. The molecule has 0 saturated heterocycles. The van der Waals surface area contributed by atoms with Crippen molar-refractivity contribution in [2.24, 2.45) is 0 Å². The van der Waals surface area contributed by atoms with E-state index in [1.807, 2.05) is 0 Å². The first-order valence-electron chi connectivity index (χ1n) is 6.13. The molecule has 0 nitrogen and oxygen atoms in total. The summed E-state index contributed by atoms with van der Waals surface area (Å²) in [6.07, 6.45) is 8.66. The van der Waals surface area contributed by atoms with Crippen molar-refractivity contribution in [2.45, 2.75) is 46.0 Å². The van der Waals surface area contributed by atoms with Gasteiger partial charge in [0.05, 0.1) is 0 Å². The van der Waals surface area contributed by atoms with Crippen LogP contribution in [0, 0.1) is 0 Å². The molecule has 15 heavy (non-hydrogen) atoms. The van der Waals surface area contributed by atoms with E-state index in [2.05, 4.69) is 50.3 Å². The van der Waals surface area contributed by atoms with Crippen molar-refractivity contribution in [2.75, 3.05) is 0 Å². The maximum absolute atomic E-state index is 2.42. The van der Waals surface area contributed by atoms with Crippen LogP contribution in [0.4, 0.5) is 0 Å². The summed E-state index contributed by atoms with van der Waals surface area (Å²) in [6, 6.07) is 10.8. The molecule has 0 saturated carbocycles. The van der Waals surface area contributed by atoms with Crippen LogP contribution in [0.5, 0.6) is 0 Å². The van der Waals surface area contributed by atoms with Crippen molar-refractivity contribution in [3.63, 3.8) is 0 Å². The monoisotopic (exact) mass is 202 g/mol. The average molecular weight is 202 g/mol. The topological polar surface area (TPSA) is 0 Å². The van der Waals surface area contributed by atoms with E-state index >= 15 is 0 Å². The highest BCUT2D eigenvalue weighted by atomic mass is 14.0. The lowest BCUT2D eigenvalue weighted by Crippen LogP contribution is -1.84. The SMILES string of the molecule is CCCCC=C(CCC)c1ccccc1. The first-order chi connectivity index (χ1) is 7.38. The van der Waals surface area contributed by atoms with E-state index < -0.39 is 0 Å². The van der Waals surface area contributed by atoms with Gasteiger partial charge in [0.2, 0.25) is 0 Å². The fourth-order valence-electron chi connectivity index (χ4n) is 1.77. The fourth-order valence-corrected chi connectivity index (χ4v) is 1.77. The van der Waals surface area contributed by atoms with Crippen LogP contribution in [0.3, 0.4) is 0 Å². The molecule has 0 amide bonds. The number of rotatable bonds is 6. The van der Waals surface area contributed by atoms with Gasteiger partial charge < -0.3 is 0 Å². The summed E-state index contributed by atoms with van der Waals surface area (Å²) < 4.78 is 0. The van der Waals surface area contributed by atoms with Crippen molar-refractivity contribution in [3.05, 3.63) is 42.0 Å². The molecular formula is C15H22. The van der Waals surface area contributed by atoms with Gasteiger partial charge in [-0.1, -0.05) is 69.5 Å². The van der Waals surface area contributed by atoms with Crippen molar-refractivity contribution >= 4 is 5.57 Å². The summed E-state index contributed by atoms with van der Waals surface area (Å²) in [4.78, 5) is 0. The zero-order chi connectivity index (χ0) is 10.9. The third-order valence-corrected chi connectivity index (χ3v) is 2.61. The molecule has 1 aromatic rings. The summed E-state index contributed by atoms with van der Waals surface area (Å²) in [5.41, 5.74) is 2.92. The van der Waals surface area contributed by atoms with Crippen LogP contribution in [-0.4, -0.2) is 0 Å². The van der Waals surface area contributed by atoms with E-state index in [4.69, 9.17) is 0 Å². The second kappa shape index (κ2) is 7.28. The van der Waals surface area contributed by atoms with E-state index in [1.54, 1.807) is 0 Å². The maximum Gasteiger partial charge on any atom is -0.0228 e. The van der Waals surface area contributed by atoms with Crippen LogP contribution in [-0.2, 0) is 0 Å². The van der Waals surface area contributed by atoms with E-state index in [-0.39, 0.29) is 0 Å². The van der Waals surface area contributed by atoms with Gasteiger partial charge in [0, 0.05) is 0 Å². The van der Waals surface area contributed by atoms with Crippen molar-refractivity contribution in [1.29, 1.82) is 0 Å². The molecule has 1 rings (SSSR count). The summed E-state index contributed by atoms with van der Waals surface area (Å²) in [5.74, 6) is 0. The Kier molecular flexibility index (Phi) is 5.84. The van der Waals surface area contributed by atoms with Gasteiger partial charge in [0.15, 0.2) is 0 Å². The minimum atomic E-state index is 1.20. The standard InChI is InChI=1S/C15H22/c1-3-5-7-11-14(10-4-2)15-12-8-6-9-13-15/h6,8-9,11-13H,3-5,7,10H2,1-2H3. The largest absolute Gasteiger partial charge is 0.0807 e. The van der Waals surface area contributed by atoms with Crippen LogP contribution >= 0.6 is 0 Å².